The molecule has 2 aromatic rings. The van der Waals surface area contributed by atoms with Gasteiger partial charge >= 0.3 is 6.03 Å². The Labute approximate surface area is 134 Å². The van der Waals surface area contributed by atoms with Gasteiger partial charge in [-0.1, -0.05) is 35.9 Å². The summed E-state index contributed by atoms with van der Waals surface area (Å²) in [5.41, 5.74) is 0.812. The number of carbonyl (C=O) groups excluding carboxylic acids is 1. The number of anilines is 2. The summed E-state index contributed by atoms with van der Waals surface area (Å²) in [6, 6.07) is 15.0. The lowest BCUT2D eigenvalue weighted by molar-refractivity contribution is 0.208. The molecule has 0 aliphatic carbocycles. The molecule has 1 aliphatic heterocycles. The molecule has 0 radical (unpaired) electrons. The first-order chi connectivity index (χ1) is 10.7. The highest BCUT2D eigenvalue weighted by Crippen LogP contribution is 2.17. The molecule has 0 saturated carbocycles. The van der Waals surface area contributed by atoms with E-state index >= 15 is 0 Å². The van der Waals surface area contributed by atoms with E-state index in [-0.39, 0.29) is 6.03 Å². The zero-order valence-electron chi connectivity index (χ0n) is 12.1. The lowest BCUT2D eigenvalue weighted by Crippen LogP contribution is -2.50. The second-order valence-electron chi connectivity index (χ2n) is 5.09. The standard InChI is InChI=1S/C16H17ClN4O/c17-14-7-4-8-15(19-14)20-9-11-21(12-10-20)16(22)18-13-5-2-1-3-6-13/h1-8H,9-12H2,(H,18,22). The summed E-state index contributed by atoms with van der Waals surface area (Å²) >= 11 is 5.92. The highest BCUT2D eigenvalue weighted by atomic mass is 35.5. The van der Waals surface area contributed by atoms with Crippen molar-refractivity contribution in [2.45, 2.75) is 0 Å². The monoisotopic (exact) mass is 316 g/mol. The molecular weight excluding hydrogens is 300 g/mol. The van der Waals surface area contributed by atoms with Crippen LogP contribution in [0, 0.1) is 0 Å². The van der Waals surface area contributed by atoms with Crippen molar-refractivity contribution in [1.82, 2.24) is 9.88 Å². The van der Waals surface area contributed by atoms with Gasteiger partial charge in [0.25, 0.3) is 0 Å². The fraction of sp³-hybridized carbons (Fsp3) is 0.250. The van der Waals surface area contributed by atoms with E-state index in [0.717, 1.165) is 24.6 Å². The number of nitrogens with one attached hydrogen (secondary N) is 1. The molecule has 1 fully saturated rings. The second kappa shape index (κ2) is 6.66. The highest BCUT2D eigenvalue weighted by molar-refractivity contribution is 6.29. The Kier molecular flexibility index (Phi) is 4.44. The number of aromatic nitrogens is 1. The van der Waals surface area contributed by atoms with Crippen molar-refractivity contribution >= 4 is 29.1 Å². The largest absolute Gasteiger partial charge is 0.353 e. The van der Waals surface area contributed by atoms with E-state index in [4.69, 9.17) is 11.6 Å². The maximum atomic E-state index is 12.2. The first-order valence-corrected chi connectivity index (χ1v) is 7.59. The van der Waals surface area contributed by atoms with Crippen LogP contribution in [0.4, 0.5) is 16.3 Å². The van der Waals surface area contributed by atoms with Crippen molar-refractivity contribution in [2.24, 2.45) is 0 Å². The summed E-state index contributed by atoms with van der Waals surface area (Å²) in [6.45, 7) is 2.81. The number of para-hydroxylation sites is 1. The van der Waals surface area contributed by atoms with Gasteiger partial charge in [-0.25, -0.2) is 9.78 Å². The minimum atomic E-state index is -0.0649. The van der Waals surface area contributed by atoms with Gasteiger partial charge in [-0.05, 0) is 24.3 Å². The maximum absolute atomic E-state index is 12.2. The summed E-state index contributed by atoms with van der Waals surface area (Å²) < 4.78 is 0. The molecule has 1 saturated heterocycles. The molecular formula is C16H17ClN4O. The molecule has 3 rings (SSSR count). The molecule has 114 valence electrons. The van der Waals surface area contributed by atoms with Crippen molar-refractivity contribution in [1.29, 1.82) is 0 Å². The number of hydrogen-bond donors (Lipinski definition) is 1. The Balaban J connectivity index is 1.56. The molecule has 1 aliphatic rings. The molecule has 22 heavy (non-hydrogen) atoms. The fourth-order valence-electron chi connectivity index (χ4n) is 2.44. The van der Waals surface area contributed by atoms with Gasteiger partial charge in [0.05, 0.1) is 0 Å². The number of urea groups is 1. The van der Waals surface area contributed by atoms with Crippen LogP contribution in [0.15, 0.2) is 48.5 Å². The predicted molar refractivity (Wildman–Crippen MR) is 88.5 cm³/mol. The van der Waals surface area contributed by atoms with Gasteiger partial charge in [0, 0.05) is 31.9 Å². The molecule has 2 amide bonds. The molecule has 1 N–H and O–H groups in total. The fourth-order valence-corrected chi connectivity index (χ4v) is 2.60. The number of hydrogen-bond acceptors (Lipinski definition) is 3. The number of rotatable bonds is 2. The number of amides is 2. The first-order valence-electron chi connectivity index (χ1n) is 7.21. The average molecular weight is 317 g/mol. The van der Waals surface area contributed by atoms with E-state index in [1.54, 1.807) is 6.07 Å². The maximum Gasteiger partial charge on any atom is 0.321 e. The van der Waals surface area contributed by atoms with Crippen LogP contribution in [0.25, 0.3) is 0 Å². The minimum absolute atomic E-state index is 0.0649. The van der Waals surface area contributed by atoms with Gasteiger partial charge < -0.3 is 15.1 Å². The molecule has 2 heterocycles. The van der Waals surface area contributed by atoms with E-state index in [0.29, 0.717) is 18.2 Å². The Morgan fingerprint density at radius 2 is 1.73 bits per heavy atom. The quantitative estimate of drug-likeness (QED) is 0.866. The predicted octanol–water partition coefficient (Wildman–Crippen LogP) is 3.09. The van der Waals surface area contributed by atoms with Gasteiger partial charge in [-0.15, -0.1) is 0 Å². The Bertz CT molecular complexity index is 642. The molecule has 5 nitrogen and oxygen atoms in total. The summed E-state index contributed by atoms with van der Waals surface area (Å²) in [7, 11) is 0. The number of halogens is 1. The number of pyridine rings is 1. The third kappa shape index (κ3) is 3.49. The normalized spacial score (nSPS) is 14.8. The summed E-state index contributed by atoms with van der Waals surface area (Å²) in [4.78, 5) is 20.5. The van der Waals surface area contributed by atoms with Crippen LogP contribution < -0.4 is 10.2 Å². The number of carbonyl (C=O) groups is 1. The lowest BCUT2D eigenvalue weighted by atomic mass is 10.3. The molecule has 1 aromatic carbocycles. The summed E-state index contributed by atoms with van der Waals surface area (Å²) in [5.74, 6) is 0.857. The number of piperazine rings is 1. The zero-order valence-corrected chi connectivity index (χ0v) is 12.8. The molecule has 6 heteroatoms. The smallest absolute Gasteiger partial charge is 0.321 e. The average Bonchev–Trinajstić information content (AvgIpc) is 2.56. The molecule has 1 aromatic heterocycles. The van der Waals surface area contributed by atoms with Crippen molar-refractivity contribution in [3.05, 3.63) is 53.7 Å². The van der Waals surface area contributed by atoms with Crippen LogP contribution in [0.5, 0.6) is 0 Å². The van der Waals surface area contributed by atoms with Crippen LogP contribution in [0.2, 0.25) is 5.15 Å². The second-order valence-corrected chi connectivity index (χ2v) is 5.48. The number of benzene rings is 1. The zero-order chi connectivity index (χ0) is 15.4. The third-order valence-electron chi connectivity index (χ3n) is 3.62. The number of nitrogens with zero attached hydrogens (tertiary/aromatic N) is 3. The van der Waals surface area contributed by atoms with Gasteiger partial charge in [0.2, 0.25) is 0 Å². The van der Waals surface area contributed by atoms with Gasteiger partial charge in [-0.2, -0.15) is 0 Å². The van der Waals surface area contributed by atoms with Crippen molar-refractivity contribution in [3.8, 4) is 0 Å². The van der Waals surface area contributed by atoms with E-state index < -0.39 is 0 Å². The summed E-state index contributed by atoms with van der Waals surface area (Å²) in [6.07, 6.45) is 0. The Hall–Kier alpha value is -2.27. The summed E-state index contributed by atoms with van der Waals surface area (Å²) in [5, 5.41) is 3.39. The van der Waals surface area contributed by atoms with Crippen LogP contribution in [0.3, 0.4) is 0 Å². The SMILES string of the molecule is O=C(Nc1ccccc1)N1CCN(c2cccc(Cl)n2)CC1. The first kappa shape index (κ1) is 14.7. The highest BCUT2D eigenvalue weighted by Gasteiger charge is 2.21. The van der Waals surface area contributed by atoms with Crippen LogP contribution in [-0.2, 0) is 0 Å². The Morgan fingerprint density at radius 3 is 2.41 bits per heavy atom. The van der Waals surface area contributed by atoms with Crippen molar-refractivity contribution < 1.29 is 4.79 Å². The van der Waals surface area contributed by atoms with Crippen LogP contribution in [-0.4, -0.2) is 42.1 Å². The van der Waals surface area contributed by atoms with Crippen LogP contribution in [0.1, 0.15) is 0 Å². The minimum Gasteiger partial charge on any atom is -0.353 e. The third-order valence-corrected chi connectivity index (χ3v) is 3.83. The van der Waals surface area contributed by atoms with E-state index in [1.165, 1.54) is 0 Å². The van der Waals surface area contributed by atoms with Gasteiger partial charge in [-0.3, -0.25) is 0 Å². The molecule has 0 spiro atoms. The van der Waals surface area contributed by atoms with E-state index in [9.17, 15) is 4.79 Å². The topological polar surface area (TPSA) is 48.5 Å². The van der Waals surface area contributed by atoms with E-state index in [1.807, 2.05) is 47.4 Å². The van der Waals surface area contributed by atoms with Crippen molar-refractivity contribution in [2.75, 3.05) is 36.4 Å². The molecule has 0 atom stereocenters. The lowest BCUT2D eigenvalue weighted by Gasteiger charge is -2.35. The van der Waals surface area contributed by atoms with Crippen LogP contribution >= 0.6 is 11.6 Å². The molecule has 0 unspecified atom stereocenters. The van der Waals surface area contributed by atoms with Crippen molar-refractivity contribution in [3.63, 3.8) is 0 Å². The Morgan fingerprint density at radius 1 is 1.00 bits per heavy atom. The molecule has 0 bridgehead atoms. The van der Waals surface area contributed by atoms with E-state index in [2.05, 4.69) is 15.2 Å². The van der Waals surface area contributed by atoms with Gasteiger partial charge in [0.15, 0.2) is 0 Å². The van der Waals surface area contributed by atoms with Gasteiger partial charge in [0.1, 0.15) is 11.0 Å².